The standard InChI is InChI=1S/C24H32N2/c1-3-5-9-19-10-8-12-22-21(11-6-7-17-25)24(26-23(19)22)20-15-13-18(4-2)14-16-20/h8,10,12-16,26H,3-7,9,11,17,25H2,1-2H3. The summed E-state index contributed by atoms with van der Waals surface area (Å²) in [5, 5.41) is 1.39. The van der Waals surface area contributed by atoms with Crippen molar-refractivity contribution in [2.75, 3.05) is 6.54 Å². The number of rotatable bonds is 9. The van der Waals surface area contributed by atoms with Crippen molar-refractivity contribution in [3.63, 3.8) is 0 Å². The first kappa shape index (κ1) is 18.7. The highest BCUT2D eigenvalue weighted by Gasteiger charge is 2.15. The SMILES string of the molecule is CCCCc1cccc2c(CCCCN)c(-c3ccc(CC)cc3)[nH]c12. The largest absolute Gasteiger partial charge is 0.354 e. The number of nitrogens with one attached hydrogen (secondary N) is 1. The number of unbranched alkanes of at least 4 members (excludes halogenated alkanes) is 2. The number of para-hydroxylation sites is 1. The Balaban J connectivity index is 2.07. The molecule has 3 aromatic rings. The molecule has 138 valence electrons. The fraction of sp³-hybridized carbons (Fsp3) is 0.417. The summed E-state index contributed by atoms with van der Waals surface area (Å²) in [7, 11) is 0. The van der Waals surface area contributed by atoms with E-state index in [9.17, 15) is 0 Å². The molecule has 0 bridgehead atoms. The monoisotopic (exact) mass is 348 g/mol. The Morgan fingerprint density at radius 1 is 0.885 bits per heavy atom. The van der Waals surface area contributed by atoms with Crippen molar-refractivity contribution >= 4 is 10.9 Å². The van der Waals surface area contributed by atoms with Crippen LogP contribution in [0.4, 0.5) is 0 Å². The molecule has 0 radical (unpaired) electrons. The highest BCUT2D eigenvalue weighted by Crippen LogP contribution is 2.33. The summed E-state index contributed by atoms with van der Waals surface area (Å²) < 4.78 is 0. The van der Waals surface area contributed by atoms with Crippen LogP contribution >= 0.6 is 0 Å². The van der Waals surface area contributed by atoms with E-state index in [2.05, 4.69) is 61.3 Å². The number of aryl methyl sites for hydroxylation is 3. The van der Waals surface area contributed by atoms with E-state index in [4.69, 9.17) is 5.73 Å². The van der Waals surface area contributed by atoms with Crippen LogP contribution in [0.1, 0.15) is 56.2 Å². The number of hydrogen-bond acceptors (Lipinski definition) is 1. The summed E-state index contributed by atoms with van der Waals surface area (Å²) >= 11 is 0. The van der Waals surface area contributed by atoms with E-state index in [1.54, 1.807) is 0 Å². The molecule has 2 aromatic carbocycles. The summed E-state index contributed by atoms with van der Waals surface area (Å²) in [6.07, 6.45) is 7.99. The minimum absolute atomic E-state index is 0.768. The topological polar surface area (TPSA) is 41.8 Å². The lowest BCUT2D eigenvalue weighted by Crippen LogP contribution is -1.99. The maximum absolute atomic E-state index is 5.73. The summed E-state index contributed by atoms with van der Waals surface area (Å²) in [6.45, 7) is 5.23. The minimum atomic E-state index is 0.768. The van der Waals surface area contributed by atoms with Crippen LogP contribution < -0.4 is 5.73 Å². The molecule has 2 nitrogen and oxygen atoms in total. The third-order valence-electron chi connectivity index (χ3n) is 5.36. The van der Waals surface area contributed by atoms with Crippen molar-refractivity contribution in [3.8, 4) is 11.3 Å². The lowest BCUT2D eigenvalue weighted by atomic mass is 9.98. The van der Waals surface area contributed by atoms with Crippen molar-refractivity contribution in [1.29, 1.82) is 0 Å². The van der Waals surface area contributed by atoms with Gasteiger partial charge in [-0.15, -0.1) is 0 Å². The molecule has 0 amide bonds. The van der Waals surface area contributed by atoms with Gasteiger partial charge in [0.15, 0.2) is 0 Å². The Labute approximate surface area is 157 Å². The molecule has 0 spiro atoms. The van der Waals surface area contributed by atoms with E-state index in [0.717, 1.165) is 38.6 Å². The third-order valence-corrected chi connectivity index (χ3v) is 5.36. The molecule has 0 saturated heterocycles. The van der Waals surface area contributed by atoms with Crippen molar-refractivity contribution in [3.05, 3.63) is 59.2 Å². The Kier molecular flexibility index (Phi) is 6.51. The number of fused-ring (bicyclic) bond motifs is 1. The van der Waals surface area contributed by atoms with Crippen LogP contribution in [0.3, 0.4) is 0 Å². The second-order valence-electron chi connectivity index (χ2n) is 7.22. The molecule has 1 aromatic heterocycles. The van der Waals surface area contributed by atoms with Gasteiger partial charge >= 0.3 is 0 Å². The molecular formula is C24H32N2. The first-order valence-electron chi connectivity index (χ1n) is 10.2. The maximum Gasteiger partial charge on any atom is 0.0497 e. The fourth-order valence-corrected chi connectivity index (χ4v) is 3.77. The number of aromatic nitrogens is 1. The van der Waals surface area contributed by atoms with Crippen molar-refractivity contribution in [1.82, 2.24) is 4.98 Å². The highest BCUT2D eigenvalue weighted by molar-refractivity contribution is 5.92. The number of nitrogens with two attached hydrogens (primary N) is 1. The van der Waals surface area contributed by atoms with Gasteiger partial charge in [0.2, 0.25) is 0 Å². The minimum Gasteiger partial charge on any atom is -0.354 e. The van der Waals surface area contributed by atoms with Gasteiger partial charge in [0.05, 0.1) is 0 Å². The zero-order chi connectivity index (χ0) is 18.4. The molecule has 0 aliphatic rings. The molecule has 0 fully saturated rings. The first-order valence-corrected chi connectivity index (χ1v) is 10.2. The third kappa shape index (κ3) is 4.02. The fourth-order valence-electron chi connectivity index (χ4n) is 3.77. The average Bonchev–Trinajstić information content (AvgIpc) is 3.06. The van der Waals surface area contributed by atoms with E-state index < -0.39 is 0 Å². The van der Waals surface area contributed by atoms with E-state index in [0.29, 0.717) is 0 Å². The molecule has 2 heteroatoms. The smallest absolute Gasteiger partial charge is 0.0497 e. The van der Waals surface area contributed by atoms with E-state index in [1.165, 1.54) is 51.7 Å². The van der Waals surface area contributed by atoms with Gasteiger partial charge in [-0.25, -0.2) is 0 Å². The number of hydrogen-bond donors (Lipinski definition) is 2. The molecular weight excluding hydrogens is 316 g/mol. The van der Waals surface area contributed by atoms with Crippen LogP contribution in [0, 0.1) is 0 Å². The molecule has 0 atom stereocenters. The van der Waals surface area contributed by atoms with Crippen LogP contribution in [0.5, 0.6) is 0 Å². The highest BCUT2D eigenvalue weighted by atomic mass is 14.7. The lowest BCUT2D eigenvalue weighted by Gasteiger charge is -2.06. The molecule has 0 unspecified atom stereocenters. The molecule has 26 heavy (non-hydrogen) atoms. The van der Waals surface area contributed by atoms with E-state index in [-0.39, 0.29) is 0 Å². The molecule has 1 heterocycles. The van der Waals surface area contributed by atoms with Gasteiger partial charge in [-0.05, 0) is 67.3 Å². The molecule has 3 rings (SSSR count). The van der Waals surface area contributed by atoms with Crippen LogP contribution in [-0.4, -0.2) is 11.5 Å². The molecule has 0 aliphatic heterocycles. The van der Waals surface area contributed by atoms with Gasteiger partial charge in [-0.1, -0.05) is 62.7 Å². The second-order valence-corrected chi connectivity index (χ2v) is 7.22. The predicted molar refractivity (Wildman–Crippen MR) is 114 cm³/mol. The van der Waals surface area contributed by atoms with Gasteiger partial charge in [0.1, 0.15) is 0 Å². The zero-order valence-corrected chi connectivity index (χ0v) is 16.3. The maximum atomic E-state index is 5.73. The second kappa shape index (κ2) is 9.05. The predicted octanol–water partition coefficient (Wildman–Crippen LogP) is 6.02. The first-order chi connectivity index (χ1) is 12.8. The van der Waals surface area contributed by atoms with Crippen molar-refractivity contribution in [2.24, 2.45) is 5.73 Å². The van der Waals surface area contributed by atoms with Gasteiger partial charge in [-0.3, -0.25) is 0 Å². The van der Waals surface area contributed by atoms with Gasteiger partial charge < -0.3 is 10.7 Å². The lowest BCUT2D eigenvalue weighted by molar-refractivity contribution is 0.748. The Morgan fingerprint density at radius 3 is 2.38 bits per heavy atom. The normalized spacial score (nSPS) is 11.3. The number of benzene rings is 2. The van der Waals surface area contributed by atoms with Gasteiger partial charge in [-0.2, -0.15) is 0 Å². The molecule has 0 aliphatic carbocycles. The van der Waals surface area contributed by atoms with Gasteiger partial charge in [0.25, 0.3) is 0 Å². The summed E-state index contributed by atoms with van der Waals surface area (Å²) in [6, 6.07) is 15.8. The number of H-pyrrole nitrogens is 1. The molecule has 0 saturated carbocycles. The quantitative estimate of drug-likeness (QED) is 0.456. The van der Waals surface area contributed by atoms with E-state index >= 15 is 0 Å². The Bertz CT molecular complexity index is 827. The Hall–Kier alpha value is -2.06. The van der Waals surface area contributed by atoms with Gasteiger partial charge in [0, 0.05) is 16.6 Å². The zero-order valence-electron chi connectivity index (χ0n) is 16.3. The average molecular weight is 349 g/mol. The van der Waals surface area contributed by atoms with Crippen molar-refractivity contribution in [2.45, 2.75) is 58.8 Å². The summed E-state index contributed by atoms with van der Waals surface area (Å²) in [5.41, 5.74) is 13.9. The summed E-state index contributed by atoms with van der Waals surface area (Å²) in [5.74, 6) is 0. The van der Waals surface area contributed by atoms with Crippen LogP contribution in [0.15, 0.2) is 42.5 Å². The summed E-state index contributed by atoms with van der Waals surface area (Å²) in [4.78, 5) is 3.79. The van der Waals surface area contributed by atoms with Crippen LogP contribution in [-0.2, 0) is 19.3 Å². The molecule has 3 N–H and O–H groups in total. The Morgan fingerprint density at radius 2 is 1.69 bits per heavy atom. The van der Waals surface area contributed by atoms with Crippen LogP contribution in [0.25, 0.3) is 22.2 Å². The number of aromatic amines is 1. The van der Waals surface area contributed by atoms with Crippen molar-refractivity contribution < 1.29 is 0 Å². The van der Waals surface area contributed by atoms with Crippen LogP contribution in [0.2, 0.25) is 0 Å². The van der Waals surface area contributed by atoms with E-state index in [1.807, 2.05) is 0 Å².